The van der Waals surface area contributed by atoms with Crippen LogP contribution in [0, 0.1) is 0 Å². The van der Waals surface area contributed by atoms with E-state index in [0.29, 0.717) is 12.5 Å². The van der Waals surface area contributed by atoms with E-state index in [0.717, 1.165) is 30.3 Å². The highest BCUT2D eigenvalue weighted by molar-refractivity contribution is 14.0. The van der Waals surface area contributed by atoms with Crippen molar-refractivity contribution < 1.29 is 4.52 Å². The first-order valence-corrected chi connectivity index (χ1v) is 6.03. The zero-order chi connectivity index (χ0) is 10.5. The minimum atomic E-state index is 0. The first kappa shape index (κ1) is 13.6. The van der Waals surface area contributed by atoms with E-state index >= 15 is 0 Å². The van der Waals surface area contributed by atoms with Gasteiger partial charge >= 0.3 is 0 Å². The quantitative estimate of drug-likeness (QED) is 0.490. The topological polar surface area (TPSA) is 67.6 Å². The molecule has 0 atom stereocenters. The van der Waals surface area contributed by atoms with Crippen molar-refractivity contribution in [3.8, 4) is 0 Å². The first-order valence-electron chi connectivity index (χ1n) is 4.88. The van der Waals surface area contributed by atoms with Crippen LogP contribution in [0.4, 0.5) is 0 Å². The Labute approximate surface area is 116 Å². The predicted molar refractivity (Wildman–Crippen MR) is 76.1 cm³/mol. The van der Waals surface area contributed by atoms with Crippen molar-refractivity contribution in [1.29, 1.82) is 0 Å². The smallest absolute Gasteiger partial charge is 0.191 e. The fourth-order valence-corrected chi connectivity index (χ4v) is 2.28. The van der Waals surface area contributed by atoms with E-state index in [4.69, 9.17) is 10.3 Å². The van der Waals surface area contributed by atoms with Gasteiger partial charge in [-0.05, 0) is 0 Å². The summed E-state index contributed by atoms with van der Waals surface area (Å²) in [5, 5.41) is 3.77. The molecule has 0 bridgehead atoms. The van der Waals surface area contributed by atoms with Gasteiger partial charge in [-0.15, -0.1) is 24.0 Å². The number of aromatic nitrogens is 1. The Bertz CT molecular complexity index is 324. The lowest BCUT2D eigenvalue weighted by molar-refractivity contribution is 0.411. The number of thioether (sulfide) groups is 1. The maximum atomic E-state index is 5.87. The molecule has 1 fully saturated rings. The Morgan fingerprint density at radius 2 is 2.31 bits per heavy atom. The van der Waals surface area contributed by atoms with Crippen LogP contribution in [-0.4, -0.2) is 40.6 Å². The second-order valence-corrected chi connectivity index (χ2v) is 4.49. The molecular weight excluding hydrogens is 339 g/mol. The molecule has 90 valence electrons. The molecule has 1 aromatic rings. The highest BCUT2D eigenvalue weighted by Gasteiger charge is 2.11. The summed E-state index contributed by atoms with van der Waals surface area (Å²) < 4.78 is 4.72. The van der Waals surface area contributed by atoms with Gasteiger partial charge in [0, 0.05) is 30.7 Å². The van der Waals surface area contributed by atoms with E-state index in [9.17, 15) is 0 Å². The zero-order valence-electron chi connectivity index (χ0n) is 8.83. The molecule has 2 rings (SSSR count). The van der Waals surface area contributed by atoms with E-state index in [1.807, 2.05) is 11.8 Å². The second kappa shape index (κ2) is 7.00. The fraction of sp³-hybridized carbons (Fsp3) is 0.556. The molecule has 0 aliphatic carbocycles. The molecule has 16 heavy (non-hydrogen) atoms. The van der Waals surface area contributed by atoms with Crippen LogP contribution in [-0.2, 0) is 6.54 Å². The lowest BCUT2D eigenvalue weighted by atomic mass is 10.4. The number of aliphatic imine (C=N–C) groups is 1. The van der Waals surface area contributed by atoms with Crippen LogP contribution in [0.3, 0.4) is 0 Å². The molecule has 1 aromatic heterocycles. The third-order valence-corrected chi connectivity index (χ3v) is 3.17. The molecule has 1 aliphatic heterocycles. The number of halogens is 1. The average Bonchev–Trinajstić information content (AvgIpc) is 2.80. The van der Waals surface area contributed by atoms with Crippen molar-refractivity contribution in [3.63, 3.8) is 0 Å². The van der Waals surface area contributed by atoms with E-state index in [-0.39, 0.29) is 24.0 Å². The number of nitrogens with two attached hydrogens (primary N) is 1. The van der Waals surface area contributed by atoms with E-state index in [1.165, 1.54) is 0 Å². The van der Waals surface area contributed by atoms with Crippen LogP contribution in [0.2, 0.25) is 0 Å². The Kier molecular flexibility index (Phi) is 5.96. The molecule has 0 radical (unpaired) electrons. The average molecular weight is 354 g/mol. The molecule has 2 N–H and O–H groups in total. The van der Waals surface area contributed by atoms with Crippen LogP contribution in [0.1, 0.15) is 5.69 Å². The Balaban J connectivity index is 0.00000128. The van der Waals surface area contributed by atoms with Gasteiger partial charge in [-0.2, -0.15) is 11.8 Å². The SMILES string of the molecule is I.NC(=NCc1ccon1)N1CCSCC1. The summed E-state index contributed by atoms with van der Waals surface area (Å²) >= 11 is 1.95. The Hall–Kier alpha value is -0.440. The lowest BCUT2D eigenvalue weighted by Crippen LogP contribution is -2.42. The fourth-order valence-electron chi connectivity index (χ4n) is 1.37. The molecule has 5 nitrogen and oxygen atoms in total. The molecule has 0 spiro atoms. The van der Waals surface area contributed by atoms with Crippen molar-refractivity contribution in [2.45, 2.75) is 6.54 Å². The largest absolute Gasteiger partial charge is 0.370 e. The van der Waals surface area contributed by atoms with E-state index in [1.54, 1.807) is 12.3 Å². The first-order chi connectivity index (χ1) is 7.36. The monoisotopic (exact) mass is 354 g/mol. The normalized spacial score (nSPS) is 17.0. The van der Waals surface area contributed by atoms with Gasteiger partial charge in [0.25, 0.3) is 0 Å². The summed E-state index contributed by atoms with van der Waals surface area (Å²) in [5.41, 5.74) is 6.68. The zero-order valence-corrected chi connectivity index (χ0v) is 12.0. The summed E-state index contributed by atoms with van der Waals surface area (Å²) in [6.07, 6.45) is 1.54. The maximum Gasteiger partial charge on any atom is 0.191 e. The highest BCUT2D eigenvalue weighted by Crippen LogP contribution is 2.08. The van der Waals surface area contributed by atoms with Crippen LogP contribution < -0.4 is 5.73 Å². The molecule has 1 aliphatic rings. The van der Waals surface area contributed by atoms with E-state index in [2.05, 4.69) is 15.0 Å². The van der Waals surface area contributed by atoms with Crippen LogP contribution in [0.15, 0.2) is 21.8 Å². The minimum absolute atomic E-state index is 0. The number of hydrogen-bond donors (Lipinski definition) is 1. The Morgan fingerprint density at radius 1 is 1.56 bits per heavy atom. The number of guanidine groups is 1. The predicted octanol–water partition coefficient (Wildman–Crippen LogP) is 1.16. The second-order valence-electron chi connectivity index (χ2n) is 3.26. The van der Waals surface area contributed by atoms with Crippen molar-refractivity contribution in [3.05, 3.63) is 18.0 Å². The van der Waals surface area contributed by atoms with Gasteiger partial charge in [-0.25, -0.2) is 4.99 Å². The standard InChI is InChI=1S/C9H14N4OS.HI/c10-9(13-2-5-15-6-3-13)11-7-8-1-4-14-12-8;/h1,4H,2-3,5-7H2,(H2,10,11);1H. The van der Waals surface area contributed by atoms with Gasteiger partial charge < -0.3 is 15.2 Å². The van der Waals surface area contributed by atoms with Crippen LogP contribution in [0.5, 0.6) is 0 Å². The lowest BCUT2D eigenvalue weighted by Gasteiger charge is -2.27. The molecule has 7 heteroatoms. The highest BCUT2D eigenvalue weighted by atomic mass is 127. The molecular formula is C9H15IN4OS. The van der Waals surface area contributed by atoms with Crippen molar-refractivity contribution in [2.75, 3.05) is 24.6 Å². The van der Waals surface area contributed by atoms with Gasteiger partial charge in [-0.3, -0.25) is 0 Å². The van der Waals surface area contributed by atoms with Gasteiger partial charge in [0.2, 0.25) is 0 Å². The molecule has 0 amide bonds. The number of nitrogens with zero attached hydrogens (tertiary/aromatic N) is 3. The van der Waals surface area contributed by atoms with Crippen molar-refractivity contribution in [1.82, 2.24) is 10.1 Å². The number of rotatable bonds is 2. The molecule has 0 aromatic carbocycles. The van der Waals surface area contributed by atoms with Crippen molar-refractivity contribution >= 4 is 41.7 Å². The summed E-state index contributed by atoms with van der Waals surface area (Å²) in [6.45, 7) is 2.46. The van der Waals surface area contributed by atoms with Crippen LogP contribution >= 0.6 is 35.7 Å². The minimum Gasteiger partial charge on any atom is -0.370 e. The molecule has 0 saturated carbocycles. The van der Waals surface area contributed by atoms with Gasteiger partial charge in [0.1, 0.15) is 12.0 Å². The van der Waals surface area contributed by atoms with Crippen molar-refractivity contribution in [2.24, 2.45) is 10.7 Å². The number of hydrogen-bond acceptors (Lipinski definition) is 4. The molecule has 1 saturated heterocycles. The molecule has 0 unspecified atom stereocenters. The van der Waals surface area contributed by atoms with Gasteiger partial charge in [-0.1, -0.05) is 5.16 Å². The van der Waals surface area contributed by atoms with E-state index < -0.39 is 0 Å². The third-order valence-electron chi connectivity index (χ3n) is 2.23. The maximum absolute atomic E-state index is 5.87. The van der Waals surface area contributed by atoms with Gasteiger partial charge in [0.05, 0.1) is 6.54 Å². The molecule has 2 heterocycles. The Morgan fingerprint density at radius 3 is 2.94 bits per heavy atom. The van der Waals surface area contributed by atoms with Gasteiger partial charge in [0.15, 0.2) is 5.96 Å². The summed E-state index contributed by atoms with van der Waals surface area (Å²) in [7, 11) is 0. The summed E-state index contributed by atoms with van der Waals surface area (Å²) in [5.74, 6) is 2.86. The summed E-state index contributed by atoms with van der Waals surface area (Å²) in [4.78, 5) is 6.39. The summed E-state index contributed by atoms with van der Waals surface area (Å²) in [6, 6.07) is 1.79. The third kappa shape index (κ3) is 3.85. The van der Waals surface area contributed by atoms with Crippen LogP contribution in [0.25, 0.3) is 0 Å².